The minimum atomic E-state index is -0.658. The molecule has 16 heavy (non-hydrogen) atoms. The van der Waals surface area contributed by atoms with Crippen molar-refractivity contribution >= 4 is 17.5 Å². The maximum absolute atomic E-state index is 12.0. The van der Waals surface area contributed by atoms with Crippen LogP contribution in [0.4, 0.5) is 5.69 Å². The molecule has 0 aliphatic carbocycles. The average molecular weight is 218 g/mol. The molecule has 0 aromatic heterocycles. The number of primary amides is 1. The summed E-state index contributed by atoms with van der Waals surface area (Å²) in [5.74, 6) is -1.36. The number of benzene rings is 1. The number of para-hydroxylation sites is 1. The van der Waals surface area contributed by atoms with Gasteiger partial charge in [0.05, 0.1) is 0 Å². The Labute approximate surface area is 94.0 Å². The van der Waals surface area contributed by atoms with E-state index >= 15 is 0 Å². The van der Waals surface area contributed by atoms with Gasteiger partial charge in [0.25, 0.3) is 0 Å². The number of amides is 2. The molecule has 0 saturated carbocycles. The van der Waals surface area contributed by atoms with E-state index in [2.05, 4.69) is 0 Å². The van der Waals surface area contributed by atoms with E-state index in [1.807, 2.05) is 30.3 Å². The Morgan fingerprint density at radius 1 is 1.31 bits per heavy atom. The third-order valence-electron chi connectivity index (χ3n) is 2.85. The highest BCUT2D eigenvalue weighted by Gasteiger charge is 2.33. The number of hydrogen-bond acceptors (Lipinski definition) is 2. The van der Waals surface area contributed by atoms with E-state index in [9.17, 15) is 9.59 Å². The number of carbonyl (C=O) groups excluding carboxylic acids is 2. The molecule has 2 rings (SSSR count). The molecule has 1 saturated heterocycles. The van der Waals surface area contributed by atoms with Crippen LogP contribution in [0.2, 0.25) is 0 Å². The molecule has 0 radical (unpaired) electrons. The summed E-state index contributed by atoms with van der Waals surface area (Å²) >= 11 is 0. The third kappa shape index (κ3) is 1.91. The fourth-order valence-corrected chi connectivity index (χ4v) is 2.00. The molecular weight excluding hydrogens is 204 g/mol. The Bertz CT molecular complexity index is 403. The van der Waals surface area contributed by atoms with Crippen molar-refractivity contribution in [3.05, 3.63) is 30.3 Å². The maximum atomic E-state index is 12.0. The fraction of sp³-hybridized carbons (Fsp3) is 0.333. The van der Waals surface area contributed by atoms with Crippen molar-refractivity contribution in [2.75, 3.05) is 11.4 Å². The topological polar surface area (TPSA) is 63.4 Å². The highest BCUT2D eigenvalue weighted by Crippen LogP contribution is 2.23. The first-order valence-electron chi connectivity index (χ1n) is 5.36. The second-order valence-electron chi connectivity index (χ2n) is 3.92. The van der Waals surface area contributed by atoms with Crippen molar-refractivity contribution in [3.8, 4) is 0 Å². The Hall–Kier alpha value is -1.84. The smallest absolute Gasteiger partial charge is 0.239 e. The van der Waals surface area contributed by atoms with Gasteiger partial charge >= 0.3 is 0 Å². The molecule has 0 bridgehead atoms. The zero-order valence-corrected chi connectivity index (χ0v) is 8.93. The molecule has 1 fully saturated rings. The molecule has 1 aromatic carbocycles. The monoisotopic (exact) mass is 218 g/mol. The Morgan fingerprint density at radius 3 is 2.62 bits per heavy atom. The maximum Gasteiger partial charge on any atom is 0.239 e. The van der Waals surface area contributed by atoms with Gasteiger partial charge in [-0.15, -0.1) is 0 Å². The van der Waals surface area contributed by atoms with Crippen LogP contribution in [0, 0.1) is 5.92 Å². The number of nitrogens with two attached hydrogens (primary N) is 1. The number of hydrogen-bond donors (Lipinski definition) is 1. The van der Waals surface area contributed by atoms with Crippen molar-refractivity contribution in [2.24, 2.45) is 11.7 Å². The third-order valence-corrected chi connectivity index (χ3v) is 2.85. The van der Waals surface area contributed by atoms with Crippen LogP contribution in [0.25, 0.3) is 0 Å². The summed E-state index contributed by atoms with van der Waals surface area (Å²) in [5, 5.41) is 0. The number of nitrogens with zero attached hydrogens (tertiary/aromatic N) is 1. The van der Waals surface area contributed by atoms with Gasteiger partial charge in [0.2, 0.25) is 11.8 Å². The zero-order valence-electron chi connectivity index (χ0n) is 8.93. The Balaban J connectivity index is 2.23. The van der Waals surface area contributed by atoms with E-state index in [-0.39, 0.29) is 5.91 Å². The van der Waals surface area contributed by atoms with E-state index < -0.39 is 11.8 Å². The van der Waals surface area contributed by atoms with E-state index in [1.165, 1.54) is 0 Å². The lowest BCUT2D eigenvalue weighted by atomic mass is 9.96. The van der Waals surface area contributed by atoms with Crippen molar-refractivity contribution < 1.29 is 9.59 Å². The van der Waals surface area contributed by atoms with Crippen molar-refractivity contribution in [1.82, 2.24) is 0 Å². The van der Waals surface area contributed by atoms with Crippen LogP contribution in [-0.2, 0) is 9.59 Å². The normalized spacial score (nSPS) is 20.9. The van der Waals surface area contributed by atoms with Crippen LogP contribution in [0.3, 0.4) is 0 Å². The van der Waals surface area contributed by atoms with Gasteiger partial charge in [0, 0.05) is 12.2 Å². The Morgan fingerprint density at radius 2 is 2.00 bits per heavy atom. The van der Waals surface area contributed by atoms with Crippen LogP contribution < -0.4 is 10.6 Å². The highest BCUT2D eigenvalue weighted by atomic mass is 16.2. The van der Waals surface area contributed by atoms with Gasteiger partial charge in [-0.3, -0.25) is 9.59 Å². The summed E-state index contributed by atoms with van der Waals surface area (Å²) in [5.41, 5.74) is 6.04. The molecule has 1 aliphatic rings. The number of rotatable bonds is 2. The molecule has 1 heterocycles. The standard InChI is InChI=1S/C12H14N2O2/c13-11(15)10-7-4-8-14(12(10)16)9-5-2-1-3-6-9/h1-3,5-6,10H,4,7-8H2,(H2,13,15). The average Bonchev–Trinajstić information content (AvgIpc) is 2.30. The van der Waals surface area contributed by atoms with Gasteiger partial charge in [-0.1, -0.05) is 18.2 Å². The van der Waals surface area contributed by atoms with Crippen LogP contribution in [0.5, 0.6) is 0 Å². The summed E-state index contributed by atoms with van der Waals surface area (Å²) in [6.07, 6.45) is 1.38. The molecule has 0 spiro atoms. The van der Waals surface area contributed by atoms with Gasteiger partial charge < -0.3 is 10.6 Å². The van der Waals surface area contributed by atoms with E-state index in [0.29, 0.717) is 13.0 Å². The molecule has 1 aliphatic heterocycles. The number of anilines is 1. The minimum Gasteiger partial charge on any atom is -0.369 e. The minimum absolute atomic E-state index is 0.176. The summed E-state index contributed by atoms with van der Waals surface area (Å²) in [7, 11) is 0. The molecular formula is C12H14N2O2. The second kappa shape index (κ2) is 4.35. The lowest BCUT2D eigenvalue weighted by Gasteiger charge is -2.30. The van der Waals surface area contributed by atoms with Gasteiger partial charge in [-0.2, -0.15) is 0 Å². The van der Waals surface area contributed by atoms with Crippen LogP contribution in [0.1, 0.15) is 12.8 Å². The predicted octanol–water partition coefficient (Wildman–Crippen LogP) is 0.915. The summed E-state index contributed by atoms with van der Waals surface area (Å²) < 4.78 is 0. The van der Waals surface area contributed by atoms with E-state index in [4.69, 9.17) is 5.73 Å². The molecule has 2 amide bonds. The molecule has 1 atom stereocenters. The van der Waals surface area contributed by atoms with Crippen LogP contribution >= 0.6 is 0 Å². The predicted molar refractivity (Wildman–Crippen MR) is 60.7 cm³/mol. The van der Waals surface area contributed by atoms with Crippen LogP contribution in [-0.4, -0.2) is 18.4 Å². The first-order valence-corrected chi connectivity index (χ1v) is 5.36. The summed E-state index contributed by atoms with van der Waals surface area (Å²) in [6.45, 7) is 0.659. The first-order chi connectivity index (χ1) is 7.70. The van der Waals surface area contributed by atoms with Crippen LogP contribution in [0.15, 0.2) is 30.3 Å². The lowest BCUT2D eigenvalue weighted by Crippen LogP contribution is -2.46. The number of piperidine rings is 1. The second-order valence-corrected chi connectivity index (χ2v) is 3.92. The molecule has 2 N–H and O–H groups in total. The highest BCUT2D eigenvalue weighted by molar-refractivity contribution is 6.07. The van der Waals surface area contributed by atoms with Crippen molar-refractivity contribution in [3.63, 3.8) is 0 Å². The molecule has 4 heteroatoms. The van der Waals surface area contributed by atoms with E-state index in [0.717, 1.165) is 12.1 Å². The fourth-order valence-electron chi connectivity index (χ4n) is 2.00. The number of carbonyl (C=O) groups is 2. The molecule has 84 valence electrons. The first kappa shape index (κ1) is 10.7. The Kier molecular flexibility index (Phi) is 2.90. The molecule has 1 unspecified atom stereocenters. The molecule has 4 nitrogen and oxygen atoms in total. The zero-order chi connectivity index (χ0) is 11.5. The van der Waals surface area contributed by atoms with Gasteiger partial charge in [-0.05, 0) is 25.0 Å². The summed E-state index contributed by atoms with van der Waals surface area (Å²) in [4.78, 5) is 24.7. The quantitative estimate of drug-likeness (QED) is 0.750. The summed E-state index contributed by atoms with van der Waals surface area (Å²) in [6, 6.07) is 9.36. The lowest BCUT2D eigenvalue weighted by molar-refractivity contribution is -0.133. The largest absolute Gasteiger partial charge is 0.369 e. The van der Waals surface area contributed by atoms with Gasteiger partial charge in [0.1, 0.15) is 5.92 Å². The van der Waals surface area contributed by atoms with Crippen molar-refractivity contribution in [2.45, 2.75) is 12.8 Å². The van der Waals surface area contributed by atoms with Gasteiger partial charge in [-0.25, -0.2) is 0 Å². The van der Waals surface area contributed by atoms with Gasteiger partial charge in [0.15, 0.2) is 0 Å². The van der Waals surface area contributed by atoms with Crippen molar-refractivity contribution in [1.29, 1.82) is 0 Å². The molecule has 1 aromatic rings. The van der Waals surface area contributed by atoms with E-state index in [1.54, 1.807) is 4.90 Å². The SMILES string of the molecule is NC(=O)C1CCCN(c2ccccc2)C1=O.